The second kappa shape index (κ2) is 1.85. The number of hydrogen-bond acceptors (Lipinski definition) is 1. The molecule has 2 rings (SSSR count). The average Bonchev–Trinajstić information content (AvgIpc) is 2.69. The maximum Gasteiger partial charge on any atom is 0.106 e. The van der Waals surface area contributed by atoms with Gasteiger partial charge in [0.2, 0.25) is 0 Å². The van der Waals surface area contributed by atoms with E-state index >= 15 is 0 Å². The van der Waals surface area contributed by atoms with Crippen LogP contribution in [0.4, 0.5) is 0 Å². The van der Waals surface area contributed by atoms with Crippen molar-refractivity contribution in [3.63, 3.8) is 0 Å². The molecule has 0 spiro atoms. The van der Waals surface area contributed by atoms with Crippen LogP contribution >= 0.6 is 0 Å². The minimum absolute atomic E-state index is 0.0428. The van der Waals surface area contributed by atoms with Crippen molar-refractivity contribution in [2.24, 2.45) is 0 Å². The molecule has 46 valence electrons. The molecule has 1 fully saturated rings. The quantitative estimate of drug-likeness (QED) is 0.516. The van der Waals surface area contributed by atoms with Crippen LogP contribution in [0.2, 0.25) is 0 Å². The third-order valence-electron chi connectivity index (χ3n) is 1.40. The lowest BCUT2D eigenvalue weighted by Crippen LogP contribution is -1.75. The predicted octanol–water partition coefficient (Wildman–Crippen LogP) is 1.76. The largest absolute Gasteiger partial charge is 0.368 e. The zero-order chi connectivity index (χ0) is 6.97. The van der Waals surface area contributed by atoms with Crippen molar-refractivity contribution in [3.05, 3.63) is 35.9 Å². The average molecular weight is 121 g/mol. The summed E-state index contributed by atoms with van der Waals surface area (Å²) in [5.74, 6) is 0. The molecule has 0 radical (unpaired) electrons. The van der Waals surface area contributed by atoms with Crippen molar-refractivity contribution in [1.82, 2.24) is 0 Å². The fraction of sp³-hybridized carbons (Fsp3) is 0.250. The highest BCUT2D eigenvalue weighted by atomic mass is 16.6. The number of hydrogen-bond donors (Lipinski definition) is 0. The summed E-state index contributed by atoms with van der Waals surface area (Å²) in [6, 6.07) is 9.86. The summed E-state index contributed by atoms with van der Waals surface area (Å²) in [4.78, 5) is 0. The lowest BCUT2D eigenvalue weighted by Gasteiger charge is -1.89. The van der Waals surface area contributed by atoms with E-state index in [4.69, 9.17) is 6.11 Å². The third-order valence-corrected chi connectivity index (χ3v) is 1.40. The van der Waals surface area contributed by atoms with Gasteiger partial charge in [0.1, 0.15) is 6.10 Å². The molecule has 0 N–H and O–H groups in total. The molecule has 1 nitrogen and oxygen atoms in total. The molecular weight excluding hydrogens is 112 g/mol. The van der Waals surface area contributed by atoms with Crippen LogP contribution in [0.5, 0.6) is 0 Å². The maximum absolute atomic E-state index is 7.17. The Hall–Kier alpha value is -0.820. The van der Waals surface area contributed by atoms with Crippen LogP contribution in [0.3, 0.4) is 0 Å². The van der Waals surface area contributed by atoms with Gasteiger partial charge in [0.25, 0.3) is 0 Å². The van der Waals surface area contributed by atoms with Crippen LogP contribution in [-0.4, -0.2) is 6.58 Å². The summed E-state index contributed by atoms with van der Waals surface area (Å²) < 4.78 is 12.1. The molecule has 0 aliphatic carbocycles. The van der Waals surface area contributed by atoms with Gasteiger partial charge in [-0.2, -0.15) is 0 Å². The highest BCUT2D eigenvalue weighted by molar-refractivity contribution is 5.19. The smallest absolute Gasteiger partial charge is 0.106 e. The van der Waals surface area contributed by atoms with Crippen molar-refractivity contribution in [1.29, 1.82) is 0 Å². The third kappa shape index (κ3) is 0.958. The van der Waals surface area contributed by atoms with Crippen LogP contribution in [0, 0.1) is 0 Å². The monoisotopic (exact) mass is 121 g/mol. The molecule has 0 bridgehead atoms. The second-order valence-corrected chi connectivity index (χ2v) is 2.10. The lowest BCUT2D eigenvalue weighted by molar-refractivity contribution is 0.415. The van der Waals surface area contributed by atoms with Crippen molar-refractivity contribution in [3.8, 4) is 0 Å². The fourth-order valence-electron chi connectivity index (χ4n) is 0.839. The van der Waals surface area contributed by atoms with Gasteiger partial charge < -0.3 is 4.74 Å². The Balaban J connectivity index is 2.20. The highest BCUT2D eigenvalue weighted by Gasteiger charge is 2.23. The van der Waals surface area contributed by atoms with Gasteiger partial charge in [0.05, 0.1) is 7.95 Å². The van der Waals surface area contributed by atoms with Gasteiger partial charge in [-0.15, -0.1) is 0 Å². The van der Waals surface area contributed by atoms with E-state index in [1.54, 1.807) is 0 Å². The molecule has 1 aromatic carbocycles. The molecule has 0 amide bonds. The van der Waals surface area contributed by atoms with Crippen LogP contribution in [0.1, 0.15) is 13.0 Å². The molecule has 2 atom stereocenters. The van der Waals surface area contributed by atoms with Gasteiger partial charge in [-0.25, -0.2) is 0 Å². The highest BCUT2D eigenvalue weighted by Crippen LogP contribution is 2.28. The zero-order valence-corrected chi connectivity index (χ0v) is 4.95. The standard InChI is InChI=1S/C8H8O/c1-2-4-7(5-3-1)8-6-9-8/h1-5,8H,6H2/t8-/m1/s1/i6D/t6-,8-. The SMILES string of the molecule is [2H][C@H]1O[C@H]1c1ccccc1. The van der Waals surface area contributed by atoms with Crippen LogP contribution in [0.25, 0.3) is 0 Å². The van der Waals surface area contributed by atoms with E-state index in [1.807, 2.05) is 30.3 Å². The first kappa shape index (κ1) is 4.07. The van der Waals surface area contributed by atoms with Crippen molar-refractivity contribution < 1.29 is 6.11 Å². The van der Waals surface area contributed by atoms with E-state index in [0.29, 0.717) is 0 Å². The zero-order valence-electron chi connectivity index (χ0n) is 5.95. The number of ether oxygens (including phenoxy) is 1. The number of benzene rings is 1. The van der Waals surface area contributed by atoms with Gasteiger partial charge in [-0.1, -0.05) is 30.3 Å². The van der Waals surface area contributed by atoms with E-state index in [9.17, 15) is 0 Å². The van der Waals surface area contributed by atoms with Gasteiger partial charge in [-0.3, -0.25) is 0 Å². The van der Waals surface area contributed by atoms with Crippen LogP contribution < -0.4 is 0 Å². The Morgan fingerprint density at radius 2 is 2.11 bits per heavy atom. The van der Waals surface area contributed by atoms with Crippen molar-refractivity contribution in [2.75, 3.05) is 6.58 Å². The summed E-state index contributed by atoms with van der Waals surface area (Å²) in [7, 11) is 0. The molecule has 1 aromatic rings. The summed E-state index contributed by atoms with van der Waals surface area (Å²) >= 11 is 0. The molecule has 0 saturated carbocycles. The van der Waals surface area contributed by atoms with Gasteiger partial charge in [-0.05, 0) is 5.56 Å². The molecule has 1 saturated heterocycles. The maximum atomic E-state index is 7.17. The molecule has 1 heteroatoms. The fourth-order valence-corrected chi connectivity index (χ4v) is 0.839. The van der Waals surface area contributed by atoms with Crippen molar-refractivity contribution >= 4 is 0 Å². The number of epoxide rings is 1. The van der Waals surface area contributed by atoms with E-state index in [1.165, 1.54) is 0 Å². The predicted molar refractivity (Wildman–Crippen MR) is 35.1 cm³/mol. The summed E-state index contributed by atoms with van der Waals surface area (Å²) in [6.07, 6.45) is 0.0428. The molecule has 1 aliphatic heterocycles. The summed E-state index contributed by atoms with van der Waals surface area (Å²) in [5.41, 5.74) is 1.11. The minimum atomic E-state index is -0.317. The molecule has 1 aliphatic rings. The first-order chi connectivity index (χ1) is 4.88. The lowest BCUT2D eigenvalue weighted by atomic mass is 10.2. The Morgan fingerprint density at radius 1 is 1.44 bits per heavy atom. The molecule has 1 heterocycles. The van der Waals surface area contributed by atoms with E-state index in [2.05, 4.69) is 0 Å². The Morgan fingerprint density at radius 3 is 2.67 bits per heavy atom. The topological polar surface area (TPSA) is 12.5 Å². The summed E-state index contributed by atoms with van der Waals surface area (Å²) in [5, 5.41) is 0. The second-order valence-electron chi connectivity index (χ2n) is 2.10. The molecular formula is C8H8O. The van der Waals surface area contributed by atoms with E-state index in [-0.39, 0.29) is 12.7 Å². The van der Waals surface area contributed by atoms with E-state index < -0.39 is 0 Å². The molecule has 0 unspecified atom stereocenters. The first-order valence-corrected chi connectivity index (χ1v) is 3.00. The normalized spacial score (nSPS) is 33.6. The van der Waals surface area contributed by atoms with Crippen LogP contribution in [-0.2, 0) is 4.74 Å². The van der Waals surface area contributed by atoms with Gasteiger partial charge >= 0.3 is 0 Å². The Kier molecular flexibility index (Phi) is 0.836. The molecule has 0 aromatic heterocycles. The molecule has 9 heavy (non-hydrogen) atoms. The van der Waals surface area contributed by atoms with E-state index in [0.717, 1.165) is 5.56 Å². The summed E-state index contributed by atoms with van der Waals surface area (Å²) in [6.45, 7) is -0.317. The van der Waals surface area contributed by atoms with Crippen LogP contribution in [0.15, 0.2) is 30.3 Å². The number of rotatable bonds is 1. The minimum Gasteiger partial charge on any atom is -0.368 e. The van der Waals surface area contributed by atoms with Crippen molar-refractivity contribution in [2.45, 2.75) is 6.10 Å². The first-order valence-electron chi connectivity index (χ1n) is 3.58. The Bertz CT molecular complexity index is 222. The Labute approximate surface area is 55.7 Å². The van der Waals surface area contributed by atoms with Gasteiger partial charge in [0, 0.05) is 0 Å². The van der Waals surface area contributed by atoms with Gasteiger partial charge in [0.15, 0.2) is 0 Å².